The van der Waals surface area contributed by atoms with Crippen molar-refractivity contribution in [1.82, 2.24) is 20.1 Å². The third-order valence-electron chi connectivity index (χ3n) is 2.90. The van der Waals surface area contributed by atoms with Gasteiger partial charge in [-0.1, -0.05) is 25.4 Å². The molecule has 0 saturated heterocycles. The largest absolute Gasteiger partial charge is 0.434 e. The second-order valence-electron chi connectivity index (χ2n) is 4.85. The van der Waals surface area contributed by atoms with Gasteiger partial charge >= 0.3 is 0 Å². The Balaban J connectivity index is 1.99. The third-order valence-corrected chi connectivity index (χ3v) is 3.17. The average molecular weight is 309 g/mol. The van der Waals surface area contributed by atoms with Crippen LogP contribution in [-0.2, 0) is 13.1 Å². The second-order valence-corrected chi connectivity index (χ2v) is 5.26. The number of ether oxygens (including phenoxy) is 1. The SMILES string of the molecule is CCCNCc1cnc(Oc2cnn(CCC)c2)c(Cl)c1. The maximum absolute atomic E-state index is 6.22. The van der Waals surface area contributed by atoms with Crippen molar-refractivity contribution in [2.45, 2.75) is 39.8 Å². The zero-order valence-electron chi connectivity index (χ0n) is 12.5. The lowest BCUT2D eigenvalue weighted by atomic mass is 10.3. The highest BCUT2D eigenvalue weighted by Crippen LogP contribution is 2.27. The van der Waals surface area contributed by atoms with Crippen molar-refractivity contribution in [3.05, 3.63) is 35.2 Å². The molecule has 1 N–H and O–H groups in total. The van der Waals surface area contributed by atoms with E-state index in [0.717, 1.165) is 38.0 Å². The van der Waals surface area contributed by atoms with Gasteiger partial charge in [-0.3, -0.25) is 4.68 Å². The number of aromatic nitrogens is 3. The van der Waals surface area contributed by atoms with E-state index in [9.17, 15) is 0 Å². The molecular formula is C15H21ClN4O. The molecule has 0 fully saturated rings. The summed E-state index contributed by atoms with van der Waals surface area (Å²) in [5, 5.41) is 8.03. The Bertz CT molecular complexity index is 571. The standard InChI is InChI=1S/C15H21ClN4O/c1-3-5-17-8-12-7-14(16)15(18-9-12)21-13-10-19-20(11-13)6-4-2/h7,9-11,17H,3-6,8H2,1-2H3. The van der Waals surface area contributed by atoms with Crippen LogP contribution in [0.3, 0.4) is 0 Å². The van der Waals surface area contributed by atoms with E-state index in [1.807, 2.05) is 16.9 Å². The molecule has 2 aromatic heterocycles. The molecule has 5 nitrogen and oxygen atoms in total. The number of halogens is 1. The van der Waals surface area contributed by atoms with Crippen LogP contribution in [0.5, 0.6) is 11.6 Å². The number of hydrogen-bond acceptors (Lipinski definition) is 4. The Kier molecular flexibility index (Phi) is 6.02. The van der Waals surface area contributed by atoms with Crippen LogP contribution in [0.1, 0.15) is 32.3 Å². The summed E-state index contributed by atoms with van der Waals surface area (Å²) in [5.74, 6) is 1.06. The summed E-state index contributed by atoms with van der Waals surface area (Å²) < 4.78 is 7.51. The number of aryl methyl sites for hydroxylation is 1. The molecule has 2 rings (SSSR count). The van der Waals surface area contributed by atoms with Gasteiger partial charge in [0, 0.05) is 19.3 Å². The van der Waals surface area contributed by atoms with Crippen molar-refractivity contribution in [2.75, 3.05) is 6.54 Å². The molecule has 0 aromatic carbocycles. The van der Waals surface area contributed by atoms with E-state index < -0.39 is 0 Å². The van der Waals surface area contributed by atoms with Gasteiger partial charge in [-0.2, -0.15) is 5.10 Å². The summed E-state index contributed by atoms with van der Waals surface area (Å²) in [6.45, 7) is 6.84. The van der Waals surface area contributed by atoms with E-state index >= 15 is 0 Å². The smallest absolute Gasteiger partial charge is 0.238 e. The Morgan fingerprint density at radius 3 is 2.86 bits per heavy atom. The molecule has 2 heterocycles. The maximum Gasteiger partial charge on any atom is 0.238 e. The number of pyridine rings is 1. The fourth-order valence-electron chi connectivity index (χ4n) is 1.91. The van der Waals surface area contributed by atoms with Crippen LogP contribution in [0.4, 0.5) is 0 Å². The highest BCUT2D eigenvalue weighted by molar-refractivity contribution is 6.31. The number of nitrogens with zero attached hydrogens (tertiary/aromatic N) is 3. The molecule has 0 amide bonds. The van der Waals surface area contributed by atoms with Gasteiger partial charge in [-0.05, 0) is 31.0 Å². The van der Waals surface area contributed by atoms with Crippen molar-refractivity contribution < 1.29 is 4.74 Å². The molecular weight excluding hydrogens is 288 g/mol. The van der Waals surface area contributed by atoms with Crippen LogP contribution in [0.25, 0.3) is 0 Å². The molecule has 0 radical (unpaired) electrons. The zero-order valence-corrected chi connectivity index (χ0v) is 13.2. The van der Waals surface area contributed by atoms with Crippen LogP contribution < -0.4 is 10.1 Å². The second kappa shape index (κ2) is 8.00. The quantitative estimate of drug-likeness (QED) is 0.757. The minimum absolute atomic E-state index is 0.409. The van der Waals surface area contributed by atoms with Crippen LogP contribution in [0, 0.1) is 0 Å². The summed E-state index contributed by atoms with van der Waals surface area (Å²) in [5.41, 5.74) is 1.04. The molecule has 2 aromatic rings. The monoisotopic (exact) mass is 308 g/mol. The van der Waals surface area contributed by atoms with Crippen LogP contribution in [0.15, 0.2) is 24.7 Å². The number of hydrogen-bond donors (Lipinski definition) is 1. The Morgan fingerprint density at radius 1 is 1.29 bits per heavy atom. The van der Waals surface area contributed by atoms with Gasteiger partial charge in [-0.25, -0.2) is 4.98 Å². The van der Waals surface area contributed by atoms with Gasteiger partial charge in [0.1, 0.15) is 5.02 Å². The van der Waals surface area contributed by atoms with E-state index in [4.69, 9.17) is 16.3 Å². The molecule has 0 unspecified atom stereocenters. The van der Waals surface area contributed by atoms with Crippen LogP contribution in [-0.4, -0.2) is 21.3 Å². The lowest BCUT2D eigenvalue weighted by Crippen LogP contribution is -2.13. The maximum atomic E-state index is 6.22. The first-order chi connectivity index (χ1) is 10.2. The molecule has 0 bridgehead atoms. The van der Waals surface area contributed by atoms with Crippen LogP contribution in [0.2, 0.25) is 5.02 Å². The van der Waals surface area contributed by atoms with Gasteiger partial charge in [0.2, 0.25) is 5.88 Å². The molecule has 0 aliphatic heterocycles. The molecule has 21 heavy (non-hydrogen) atoms. The van der Waals surface area contributed by atoms with E-state index in [1.165, 1.54) is 0 Å². The van der Waals surface area contributed by atoms with Crippen molar-refractivity contribution in [2.24, 2.45) is 0 Å². The first kappa shape index (κ1) is 15.8. The molecule has 0 aliphatic rings. The summed E-state index contributed by atoms with van der Waals surface area (Å²) >= 11 is 6.22. The molecule has 6 heteroatoms. The topological polar surface area (TPSA) is 52.0 Å². The third kappa shape index (κ3) is 4.72. The fraction of sp³-hybridized carbons (Fsp3) is 0.467. The average Bonchev–Trinajstić information content (AvgIpc) is 2.90. The Labute approximate surface area is 130 Å². The van der Waals surface area contributed by atoms with Gasteiger partial charge in [-0.15, -0.1) is 0 Å². The van der Waals surface area contributed by atoms with Crippen LogP contribution >= 0.6 is 11.6 Å². The fourth-order valence-corrected chi connectivity index (χ4v) is 2.13. The normalized spacial score (nSPS) is 10.8. The van der Waals surface area contributed by atoms with Crippen molar-refractivity contribution >= 4 is 11.6 Å². The Hall–Kier alpha value is -1.59. The van der Waals surface area contributed by atoms with Crippen molar-refractivity contribution in [1.29, 1.82) is 0 Å². The first-order valence-corrected chi connectivity index (χ1v) is 7.66. The summed E-state index contributed by atoms with van der Waals surface area (Å²) in [6.07, 6.45) is 7.42. The lowest BCUT2D eigenvalue weighted by molar-refractivity contribution is 0.461. The summed E-state index contributed by atoms with van der Waals surface area (Å²) in [6, 6.07) is 1.88. The van der Waals surface area contributed by atoms with E-state index in [2.05, 4.69) is 29.2 Å². The molecule has 0 atom stereocenters. The van der Waals surface area contributed by atoms with Gasteiger partial charge in [0.05, 0.1) is 12.4 Å². The van der Waals surface area contributed by atoms with E-state index in [0.29, 0.717) is 16.7 Å². The lowest BCUT2D eigenvalue weighted by Gasteiger charge is -2.07. The number of rotatable bonds is 8. The molecule has 114 valence electrons. The minimum atomic E-state index is 0.409. The van der Waals surface area contributed by atoms with Gasteiger partial charge in [0.15, 0.2) is 5.75 Å². The summed E-state index contributed by atoms with van der Waals surface area (Å²) in [4.78, 5) is 4.28. The van der Waals surface area contributed by atoms with Crippen molar-refractivity contribution in [3.8, 4) is 11.6 Å². The minimum Gasteiger partial charge on any atom is -0.434 e. The van der Waals surface area contributed by atoms with Gasteiger partial charge in [0.25, 0.3) is 0 Å². The highest BCUT2D eigenvalue weighted by atomic mass is 35.5. The molecule has 0 saturated carbocycles. The summed E-state index contributed by atoms with van der Waals surface area (Å²) in [7, 11) is 0. The molecule has 0 aliphatic carbocycles. The van der Waals surface area contributed by atoms with E-state index in [-0.39, 0.29) is 0 Å². The predicted octanol–water partition coefficient (Wildman–Crippen LogP) is 3.63. The van der Waals surface area contributed by atoms with Gasteiger partial charge < -0.3 is 10.1 Å². The number of nitrogens with one attached hydrogen (secondary N) is 1. The highest BCUT2D eigenvalue weighted by Gasteiger charge is 2.08. The zero-order chi connectivity index (χ0) is 15.1. The van der Waals surface area contributed by atoms with Crippen molar-refractivity contribution in [3.63, 3.8) is 0 Å². The Morgan fingerprint density at radius 2 is 2.14 bits per heavy atom. The molecule has 0 spiro atoms. The first-order valence-electron chi connectivity index (χ1n) is 7.28. The predicted molar refractivity (Wildman–Crippen MR) is 83.8 cm³/mol. The van der Waals surface area contributed by atoms with E-state index in [1.54, 1.807) is 12.4 Å².